The number of benzene rings is 1. The fourth-order valence-electron chi connectivity index (χ4n) is 1.65. The maximum Gasteiger partial charge on any atom is 0.388 e. The Labute approximate surface area is 111 Å². The molecule has 0 spiro atoms. The molecule has 0 amide bonds. The van der Waals surface area contributed by atoms with E-state index in [-0.39, 0.29) is 5.75 Å². The Balaban J connectivity index is 2.35. The van der Waals surface area contributed by atoms with Crippen LogP contribution in [-0.4, -0.2) is 12.2 Å². The number of rotatable bonds is 3. The predicted octanol–water partition coefficient (Wildman–Crippen LogP) is 2.77. The van der Waals surface area contributed by atoms with Crippen LogP contribution in [0.15, 0.2) is 46.8 Å². The first-order valence-corrected chi connectivity index (χ1v) is 5.89. The number of phenolic OH excluding ortho intramolecular Hbond substituents is 1. The minimum atomic E-state index is 0.267. The van der Waals surface area contributed by atoms with Gasteiger partial charge in [0.05, 0.1) is 5.11 Å². The number of azo groups is 1. The molecule has 0 fully saturated rings. The molecule has 0 bridgehead atoms. The van der Waals surface area contributed by atoms with Crippen LogP contribution < -0.4 is 9.57 Å². The summed E-state index contributed by atoms with van der Waals surface area (Å²) in [5.74, 6) is 0.859. The molecule has 1 aromatic heterocycles. The molecule has 0 saturated heterocycles. The summed E-state index contributed by atoms with van der Waals surface area (Å²) < 4.78 is 1.52. The minimum Gasteiger partial charge on any atom is -0.508 e. The monoisotopic (exact) mass is 258 g/mol. The molecule has 0 unspecified atom stereocenters. The first-order valence-electron chi connectivity index (χ1n) is 5.89. The fraction of sp³-hybridized carbons (Fsp3) is 0.214. The second kappa shape index (κ2) is 5.48. The molecule has 5 heteroatoms. The second-order valence-corrected chi connectivity index (χ2v) is 4.19. The molecule has 0 saturated carbocycles. The van der Waals surface area contributed by atoms with Crippen molar-refractivity contribution in [1.29, 1.82) is 0 Å². The molecule has 0 aliphatic rings. The van der Waals surface area contributed by atoms with E-state index in [9.17, 15) is 5.11 Å². The summed E-state index contributed by atoms with van der Waals surface area (Å²) in [6, 6.07) is 8.99. The highest BCUT2D eigenvalue weighted by molar-refractivity contribution is 5.52. The van der Waals surface area contributed by atoms with Gasteiger partial charge in [0, 0.05) is 6.07 Å². The van der Waals surface area contributed by atoms with Gasteiger partial charge in [0.2, 0.25) is 0 Å². The number of aryl methyl sites for hydroxylation is 2. The van der Waals surface area contributed by atoms with Crippen molar-refractivity contribution in [3.05, 3.63) is 47.7 Å². The van der Waals surface area contributed by atoms with Crippen molar-refractivity contribution in [2.24, 2.45) is 10.2 Å². The lowest BCUT2D eigenvalue weighted by atomic mass is 10.1. The molecule has 5 nitrogen and oxygen atoms in total. The van der Waals surface area contributed by atoms with Gasteiger partial charge in [0.25, 0.3) is 0 Å². The Morgan fingerprint density at radius 2 is 1.89 bits per heavy atom. The first kappa shape index (κ1) is 13.0. The van der Waals surface area contributed by atoms with E-state index in [1.807, 2.05) is 26.0 Å². The van der Waals surface area contributed by atoms with Gasteiger partial charge in [-0.2, -0.15) is 0 Å². The average molecular weight is 258 g/mol. The van der Waals surface area contributed by atoms with Gasteiger partial charge >= 0.3 is 5.82 Å². The predicted molar refractivity (Wildman–Crippen MR) is 70.9 cm³/mol. The van der Waals surface area contributed by atoms with E-state index in [0.717, 1.165) is 16.8 Å². The normalized spacial score (nSPS) is 10.9. The van der Waals surface area contributed by atoms with Crippen molar-refractivity contribution < 1.29 is 14.7 Å². The summed E-state index contributed by atoms with van der Waals surface area (Å²) in [6.07, 6.45) is 1.75. The highest BCUT2D eigenvalue weighted by Crippen LogP contribution is 2.28. The van der Waals surface area contributed by atoms with Crippen molar-refractivity contribution in [2.45, 2.75) is 13.8 Å². The van der Waals surface area contributed by atoms with Gasteiger partial charge in [0.15, 0.2) is 0 Å². The number of nitrogens with zero attached hydrogens (tertiary/aromatic N) is 3. The van der Waals surface area contributed by atoms with Gasteiger partial charge in [-0.05, 0) is 59.1 Å². The fourth-order valence-corrected chi connectivity index (χ4v) is 1.65. The summed E-state index contributed by atoms with van der Waals surface area (Å²) in [5.41, 5.74) is 2.36. The van der Waals surface area contributed by atoms with E-state index in [1.165, 1.54) is 4.73 Å². The van der Waals surface area contributed by atoms with Gasteiger partial charge < -0.3 is 9.94 Å². The first-order chi connectivity index (χ1) is 9.11. The Morgan fingerprint density at radius 1 is 1.11 bits per heavy atom. The van der Waals surface area contributed by atoms with Gasteiger partial charge in [-0.3, -0.25) is 0 Å². The van der Waals surface area contributed by atoms with E-state index in [1.54, 1.807) is 31.5 Å². The zero-order valence-electron chi connectivity index (χ0n) is 11.2. The van der Waals surface area contributed by atoms with Crippen LogP contribution >= 0.6 is 0 Å². The summed E-state index contributed by atoms with van der Waals surface area (Å²) >= 11 is 0. The molecule has 19 heavy (non-hydrogen) atoms. The number of aromatic nitrogens is 1. The molecule has 0 atom stereocenters. The van der Waals surface area contributed by atoms with E-state index < -0.39 is 0 Å². The molecule has 0 aliphatic carbocycles. The lowest BCUT2D eigenvalue weighted by molar-refractivity contribution is -0.875. The van der Waals surface area contributed by atoms with Crippen LogP contribution in [0.25, 0.3) is 0 Å². The van der Waals surface area contributed by atoms with Crippen molar-refractivity contribution in [3.63, 3.8) is 0 Å². The van der Waals surface area contributed by atoms with E-state index in [0.29, 0.717) is 5.82 Å². The molecule has 2 rings (SSSR count). The van der Waals surface area contributed by atoms with Crippen molar-refractivity contribution >= 4 is 11.5 Å². The standard InChI is InChI=1S/C14H15N3O2/c1-10-9-13(18)11(2)8-12(10)15-16-14-6-4-5-7-17(14)19-3/h4-9H,1-3H3/p+1. The number of hydrogen-bond donors (Lipinski definition) is 1. The maximum absolute atomic E-state index is 9.60. The third kappa shape index (κ3) is 2.88. The van der Waals surface area contributed by atoms with Gasteiger partial charge in [-0.1, -0.05) is 0 Å². The third-order valence-corrected chi connectivity index (χ3v) is 2.78. The lowest BCUT2D eigenvalue weighted by Gasteiger charge is -2.01. The average Bonchev–Trinajstić information content (AvgIpc) is 2.41. The summed E-state index contributed by atoms with van der Waals surface area (Å²) in [5, 5.41) is 18.0. The zero-order valence-corrected chi connectivity index (χ0v) is 11.2. The minimum absolute atomic E-state index is 0.267. The van der Waals surface area contributed by atoms with Gasteiger partial charge in [-0.15, -0.1) is 0 Å². The largest absolute Gasteiger partial charge is 0.508 e. The highest BCUT2D eigenvalue weighted by Gasteiger charge is 2.10. The van der Waals surface area contributed by atoms with Crippen LogP contribution in [0.1, 0.15) is 11.1 Å². The van der Waals surface area contributed by atoms with E-state index in [4.69, 9.17) is 4.84 Å². The van der Waals surface area contributed by atoms with Crippen LogP contribution in [0.5, 0.6) is 5.75 Å². The quantitative estimate of drug-likeness (QED) is 0.679. The number of phenols is 1. The molecular weight excluding hydrogens is 242 g/mol. The van der Waals surface area contributed by atoms with E-state index in [2.05, 4.69) is 10.2 Å². The van der Waals surface area contributed by atoms with Crippen LogP contribution in [0, 0.1) is 13.8 Å². The topological polar surface area (TPSA) is 58.1 Å². The van der Waals surface area contributed by atoms with Crippen molar-refractivity contribution in [1.82, 2.24) is 0 Å². The molecule has 2 aromatic rings. The molecule has 98 valence electrons. The Hall–Kier alpha value is -2.43. The lowest BCUT2D eigenvalue weighted by Crippen LogP contribution is -2.39. The summed E-state index contributed by atoms with van der Waals surface area (Å²) in [4.78, 5) is 5.13. The summed E-state index contributed by atoms with van der Waals surface area (Å²) in [6.45, 7) is 3.70. The van der Waals surface area contributed by atoms with E-state index >= 15 is 0 Å². The van der Waals surface area contributed by atoms with Crippen LogP contribution in [-0.2, 0) is 0 Å². The van der Waals surface area contributed by atoms with Crippen LogP contribution in [0.4, 0.5) is 11.5 Å². The molecule has 1 N–H and O–H groups in total. The third-order valence-electron chi connectivity index (χ3n) is 2.78. The maximum atomic E-state index is 9.60. The number of pyridine rings is 1. The Morgan fingerprint density at radius 3 is 2.63 bits per heavy atom. The zero-order chi connectivity index (χ0) is 13.8. The van der Waals surface area contributed by atoms with Crippen molar-refractivity contribution in [2.75, 3.05) is 7.11 Å². The molecular formula is C14H16N3O2+. The molecule has 1 aromatic carbocycles. The smallest absolute Gasteiger partial charge is 0.388 e. The molecule has 0 aliphatic heterocycles. The summed E-state index contributed by atoms with van der Waals surface area (Å²) in [7, 11) is 1.56. The number of hydrogen-bond acceptors (Lipinski definition) is 4. The van der Waals surface area contributed by atoms with Gasteiger partial charge in [0.1, 0.15) is 24.7 Å². The van der Waals surface area contributed by atoms with Gasteiger partial charge in [-0.25, -0.2) is 0 Å². The molecule has 0 radical (unpaired) electrons. The Kier molecular flexibility index (Phi) is 3.75. The second-order valence-electron chi connectivity index (χ2n) is 4.19. The Bertz CT molecular complexity index is 624. The number of aromatic hydroxyl groups is 1. The SMILES string of the molecule is CO[n+]1ccccc1N=Nc1cc(C)c(O)cc1C. The van der Waals surface area contributed by atoms with Crippen LogP contribution in [0.2, 0.25) is 0 Å². The van der Waals surface area contributed by atoms with Crippen molar-refractivity contribution in [3.8, 4) is 5.75 Å². The molecule has 1 heterocycles. The highest BCUT2D eigenvalue weighted by atomic mass is 16.6. The van der Waals surface area contributed by atoms with Crippen LogP contribution in [0.3, 0.4) is 0 Å².